The van der Waals surface area contributed by atoms with Crippen molar-refractivity contribution in [3.05, 3.63) is 29.8 Å². The third kappa shape index (κ3) is 7.00. The first-order valence-electron chi connectivity index (χ1n) is 7.72. The maximum absolute atomic E-state index is 12.0. The van der Waals surface area contributed by atoms with Gasteiger partial charge in [0.05, 0.1) is 19.9 Å². The van der Waals surface area contributed by atoms with E-state index in [1.165, 1.54) is 4.31 Å². The summed E-state index contributed by atoms with van der Waals surface area (Å²) in [6.07, 6.45) is 3.37. The van der Waals surface area contributed by atoms with Gasteiger partial charge in [-0.15, -0.1) is 0 Å². The summed E-state index contributed by atoms with van der Waals surface area (Å²) in [7, 11) is -1.76. The Kier molecular flexibility index (Phi) is 8.05. The van der Waals surface area contributed by atoms with Gasteiger partial charge in [-0.05, 0) is 24.5 Å². The van der Waals surface area contributed by atoms with Crippen molar-refractivity contribution in [2.75, 3.05) is 33.0 Å². The van der Waals surface area contributed by atoms with Crippen LogP contribution in [0.5, 0.6) is 5.75 Å². The first-order valence-corrected chi connectivity index (χ1v) is 9.57. The molecule has 0 unspecified atom stereocenters. The van der Waals surface area contributed by atoms with Gasteiger partial charge in [-0.25, -0.2) is 8.42 Å². The third-order valence-corrected chi connectivity index (χ3v) is 4.71. The number of benzene rings is 1. The van der Waals surface area contributed by atoms with Gasteiger partial charge in [0.2, 0.25) is 15.9 Å². The molecule has 0 aliphatic heterocycles. The molecule has 0 fully saturated rings. The fourth-order valence-corrected chi connectivity index (χ4v) is 2.97. The van der Waals surface area contributed by atoms with Crippen LogP contribution in [0.2, 0.25) is 0 Å². The lowest BCUT2D eigenvalue weighted by molar-refractivity contribution is -0.121. The molecule has 0 saturated carbocycles. The van der Waals surface area contributed by atoms with Gasteiger partial charge in [0.15, 0.2) is 0 Å². The molecule has 0 radical (unpaired) electrons. The lowest BCUT2D eigenvalue weighted by Crippen LogP contribution is -2.41. The molecule has 1 N–H and O–H groups in total. The lowest BCUT2D eigenvalue weighted by Gasteiger charge is -2.19. The Labute approximate surface area is 138 Å². The van der Waals surface area contributed by atoms with Crippen molar-refractivity contribution < 1.29 is 17.9 Å². The van der Waals surface area contributed by atoms with Crippen molar-refractivity contribution in [1.29, 1.82) is 0 Å². The predicted molar refractivity (Wildman–Crippen MR) is 91.0 cm³/mol. The topological polar surface area (TPSA) is 75.7 Å². The number of para-hydroxylation sites is 1. The Balaban J connectivity index is 2.49. The average molecular weight is 342 g/mol. The van der Waals surface area contributed by atoms with Crippen molar-refractivity contribution in [3.8, 4) is 5.75 Å². The summed E-state index contributed by atoms with van der Waals surface area (Å²) in [5.41, 5.74) is 1.00. The van der Waals surface area contributed by atoms with Crippen molar-refractivity contribution >= 4 is 15.9 Å². The SMILES string of the molecule is CCCCN(CC(=O)NCCc1ccccc1OC)S(C)(=O)=O. The minimum absolute atomic E-state index is 0.134. The Bertz CT molecular complexity index is 602. The van der Waals surface area contributed by atoms with E-state index in [0.29, 0.717) is 19.5 Å². The summed E-state index contributed by atoms with van der Waals surface area (Å²) in [6, 6.07) is 7.61. The van der Waals surface area contributed by atoms with Gasteiger partial charge in [-0.2, -0.15) is 4.31 Å². The predicted octanol–water partition coefficient (Wildman–Crippen LogP) is 1.42. The zero-order valence-electron chi connectivity index (χ0n) is 14.0. The number of hydrogen-bond acceptors (Lipinski definition) is 4. The van der Waals surface area contributed by atoms with Crippen molar-refractivity contribution in [2.24, 2.45) is 0 Å². The smallest absolute Gasteiger partial charge is 0.235 e. The summed E-state index contributed by atoms with van der Waals surface area (Å²) in [6.45, 7) is 2.65. The van der Waals surface area contributed by atoms with E-state index in [2.05, 4.69) is 5.32 Å². The Morgan fingerprint density at radius 2 is 2.00 bits per heavy atom. The first kappa shape index (κ1) is 19.4. The minimum atomic E-state index is -3.37. The first-order chi connectivity index (χ1) is 10.9. The van der Waals surface area contributed by atoms with Crippen LogP contribution in [0.15, 0.2) is 24.3 Å². The van der Waals surface area contributed by atoms with E-state index >= 15 is 0 Å². The minimum Gasteiger partial charge on any atom is -0.496 e. The summed E-state index contributed by atoms with van der Waals surface area (Å²) < 4.78 is 29.8. The molecule has 0 aliphatic rings. The Morgan fingerprint density at radius 3 is 2.61 bits per heavy atom. The van der Waals surface area contributed by atoms with E-state index in [-0.39, 0.29) is 12.5 Å². The highest BCUT2D eigenvalue weighted by molar-refractivity contribution is 7.88. The molecule has 130 valence electrons. The number of hydrogen-bond donors (Lipinski definition) is 1. The summed E-state index contributed by atoms with van der Waals surface area (Å²) in [4.78, 5) is 12.0. The second-order valence-corrected chi connectivity index (χ2v) is 7.34. The van der Waals surface area contributed by atoms with Gasteiger partial charge in [0, 0.05) is 13.1 Å². The van der Waals surface area contributed by atoms with Crippen molar-refractivity contribution in [2.45, 2.75) is 26.2 Å². The summed E-state index contributed by atoms with van der Waals surface area (Å²) in [5.74, 6) is 0.490. The van der Waals surface area contributed by atoms with Crippen LogP contribution in [0.25, 0.3) is 0 Å². The lowest BCUT2D eigenvalue weighted by atomic mass is 10.1. The molecule has 0 atom stereocenters. The summed E-state index contributed by atoms with van der Waals surface area (Å²) >= 11 is 0. The molecule has 0 bridgehead atoms. The molecular weight excluding hydrogens is 316 g/mol. The van der Waals surface area contributed by atoms with Crippen LogP contribution >= 0.6 is 0 Å². The van der Waals surface area contributed by atoms with Gasteiger partial charge in [0.25, 0.3) is 0 Å². The van der Waals surface area contributed by atoms with Crippen LogP contribution in [0.1, 0.15) is 25.3 Å². The maximum Gasteiger partial charge on any atom is 0.235 e. The maximum atomic E-state index is 12.0. The van der Waals surface area contributed by atoms with Crippen molar-refractivity contribution in [3.63, 3.8) is 0 Å². The van der Waals surface area contributed by atoms with Crippen LogP contribution in [0, 0.1) is 0 Å². The molecule has 0 saturated heterocycles. The van der Waals surface area contributed by atoms with Crippen LogP contribution in [0.4, 0.5) is 0 Å². The standard InChI is InChI=1S/C16H26N2O4S/c1-4-5-12-18(23(3,20)21)13-16(19)17-11-10-14-8-6-7-9-15(14)22-2/h6-9H,4-5,10-13H2,1-3H3,(H,17,19). The fraction of sp³-hybridized carbons (Fsp3) is 0.562. The van der Waals surface area contributed by atoms with Gasteiger partial charge in [0.1, 0.15) is 5.75 Å². The van der Waals surface area contributed by atoms with E-state index in [1.54, 1.807) is 7.11 Å². The average Bonchev–Trinajstić information content (AvgIpc) is 2.50. The van der Waals surface area contributed by atoms with Crippen LogP contribution in [-0.2, 0) is 21.2 Å². The molecular formula is C16H26N2O4S. The van der Waals surface area contributed by atoms with Crippen LogP contribution < -0.4 is 10.1 Å². The van der Waals surface area contributed by atoms with E-state index in [1.807, 2.05) is 31.2 Å². The highest BCUT2D eigenvalue weighted by Crippen LogP contribution is 2.17. The largest absolute Gasteiger partial charge is 0.496 e. The zero-order valence-corrected chi connectivity index (χ0v) is 14.9. The molecule has 0 aromatic heterocycles. The number of unbranched alkanes of at least 4 members (excludes halogenated alkanes) is 1. The molecule has 6 nitrogen and oxygen atoms in total. The second-order valence-electron chi connectivity index (χ2n) is 5.36. The molecule has 7 heteroatoms. The van der Waals surface area contributed by atoms with E-state index in [4.69, 9.17) is 4.74 Å². The molecule has 1 aromatic carbocycles. The quantitative estimate of drug-likeness (QED) is 0.698. The molecule has 23 heavy (non-hydrogen) atoms. The monoisotopic (exact) mass is 342 g/mol. The van der Waals surface area contributed by atoms with Gasteiger partial charge < -0.3 is 10.1 Å². The third-order valence-electron chi connectivity index (χ3n) is 3.46. The van der Waals surface area contributed by atoms with E-state index in [9.17, 15) is 13.2 Å². The van der Waals surface area contributed by atoms with Gasteiger partial charge in [-0.3, -0.25) is 4.79 Å². The fourth-order valence-electron chi connectivity index (χ4n) is 2.16. The molecule has 1 rings (SSSR count). The molecule has 0 spiro atoms. The Hall–Kier alpha value is -1.60. The highest BCUT2D eigenvalue weighted by atomic mass is 32.2. The highest BCUT2D eigenvalue weighted by Gasteiger charge is 2.19. The molecule has 1 aromatic rings. The number of sulfonamides is 1. The summed E-state index contributed by atoms with van der Waals surface area (Å²) in [5, 5.41) is 2.76. The number of methoxy groups -OCH3 is 1. The van der Waals surface area contributed by atoms with E-state index in [0.717, 1.165) is 30.4 Å². The number of nitrogens with one attached hydrogen (secondary N) is 1. The Morgan fingerprint density at radius 1 is 1.30 bits per heavy atom. The number of nitrogens with zero attached hydrogens (tertiary/aromatic N) is 1. The van der Waals surface area contributed by atoms with Crippen LogP contribution in [0.3, 0.4) is 0 Å². The second kappa shape index (κ2) is 9.52. The number of rotatable bonds is 10. The van der Waals surface area contributed by atoms with Crippen molar-refractivity contribution in [1.82, 2.24) is 9.62 Å². The number of carbonyl (C=O) groups excluding carboxylic acids is 1. The normalized spacial score (nSPS) is 11.5. The number of carbonyl (C=O) groups is 1. The molecule has 1 amide bonds. The molecule has 0 aliphatic carbocycles. The van der Waals surface area contributed by atoms with Gasteiger partial charge in [-0.1, -0.05) is 31.5 Å². The number of amides is 1. The molecule has 0 heterocycles. The van der Waals surface area contributed by atoms with Gasteiger partial charge >= 0.3 is 0 Å². The van der Waals surface area contributed by atoms with E-state index < -0.39 is 10.0 Å². The number of ether oxygens (including phenoxy) is 1. The zero-order chi connectivity index (χ0) is 17.3. The van der Waals surface area contributed by atoms with Crippen LogP contribution in [-0.4, -0.2) is 51.6 Å².